The highest BCUT2D eigenvalue weighted by Gasteiger charge is 2.15. The molecule has 1 aromatic rings. The summed E-state index contributed by atoms with van der Waals surface area (Å²) in [5.74, 6) is -0.685. The molecule has 0 bridgehead atoms. The van der Waals surface area contributed by atoms with E-state index in [2.05, 4.69) is 0 Å². The Morgan fingerprint density at radius 1 is 1.71 bits per heavy atom. The van der Waals surface area contributed by atoms with Crippen LogP contribution in [0.5, 0.6) is 5.75 Å². The molecule has 0 atom stereocenters. The summed E-state index contributed by atoms with van der Waals surface area (Å²) >= 11 is 0.924. The van der Waals surface area contributed by atoms with Gasteiger partial charge in [-0.1, -0.05) is 0 Å². The second-order valence-electron chi connectivity index (χ2n) is 2.89. The first-order valence-corrected chi connectivity index (χ1v) is 4.80. The summed E-state index contributed by atoms with van der Waals surface area (Å²) < 4.78 is 4.90. The molecule has 1 N–H and O–H groups in total. The Kier molecular flexibility index (Phi) is 3.10. The number of hydrogen-bond acceptors (Lipinski definition) is 5. The molecule has 0 saturated carbocycles. The average Bonchev–Trinajstić information content (AvgIpc) is 2.45. The normalized spacial score (nSPS) is 9.86. The van der Waals surface area contributed by atoms with Gasteiger partial charge in [0, 0.05) is 6.07 Å². The molecule has 0 spiro atoms. The van der Waals surface area contributed by atoms with Gasteiger partial charge in [-0.2, -0.15) is 5.26 Å². The van der Waals surface area contributed by atoms with Gasteiger partial charge in [-0.3, -0.25) is 0 Å². The Balaban J connectivity index is 2.87. The first-order chi connectivity index (χ1) is 6.54. The summed E-state index contributed by atoms with van der Waals surface area (Å²) in [6, 6.07) is 3.03. The van der Waals surface area contributed by atoms with Crippen LogP contribution in [0.3, 0.4) is 0 Å². The number of hydrogen-bond donors (Lipinski definition) is 1. The number of nitrogens with zero attached hydrogens (tertiary/aromatic N) is 1. The van der Waals surface area contributed by atoms with E-state index in [-0.39, 0.29) is 21.6 Å². The second-order valence-corrected chi connectivity index (χ2v) is 3.94. The fraction of sp³-hybridized carbons (Fsp3) is 0.333. The largest absolute Gasteiger partial charge is 0.506 e. The molecule has 1 rings (SSSR count). The van der Waals surface area contributed by atoms with Crippen molar-refractivity contribution in [2.45, 2.75) is 20.0 Å². The first kappa shape index (κ1) is 10.5. The van der Waals surface area contributed by atoms with E-state index in [1.165, 1.54) is 6.07 Å². The van der Waals surface area contributed by atoms with E-state index in [1.54, 1.807) is 19.9 Å². The Bertz CT molecular complexity index is 389. The third kappa shape index (κ3) is 2.24. The lowest BCUT2D eigenvalue weighted by Gasteiger charge is -2.04. The van der Waals surface area contributed by atoms with Gasteiger partial charge in [0.05, 0.1) is 6.10 Å². The van der Waals surface area contributed by atoms with Gasteiger partial charge in [0.2, 0.25) is 0 Å². The quantitative estimate of drug-likeness (QED) is 0.758. The van der Waals surface area contributed by atoms with Crippen molar-refractivity contribution in [1.29, 1.82) is 5.26 Å². The van der Waals surface area contributed by atoms with Gasteiger partial charge >= 0.3 is 5.97 Å². The highest BCUT2D eigenvalue weighted by molar-refractivity contribution is 7.14. The zero-order valence-corrected chi connectivity index (χ0v) is 8.59. The molecule has 0 aliphatic heterocycles. The number of thiophene rings is 1. The van der Waals surface area contributed by atoms with E-state index >= 15 is 0 Å². The molecule has 1 heterocycles. The summed E-state index contributed by atoms with van der Waals surface area (Å²) in [5.41, 5.74) is 0. The van der Waals surface area contributed by atoms with Gasteiger partial charge < -0.3 is 9.84 Å². The van der Waals surface area contributed by atoms with Crippen molar-refractivity contribution in [2.24, 2.45) is 0 Å². The molecule has 0 aromatic carbocycles. The van der Waals surface area contributed by atoms with E-state index < -0.39 is 5.97 Å². The smallest absolute Gasteiger partial charge is 0.348 e. The Hall–Kier alpha value is -1.54. The lowest BCUT2D eigenvalue weighted by molar-refractivity contribution is 0.0383. The predicted molar refractivity (Wildman–Crippen MR) is 51.3 cm³/mol. The monoisotopic (exact) mass is 211 g/mol. The topological polar surface area (TPSA) is 70.3 Å². The third-order valence-electron chi connectivity index (χ3n) is 1.36. The first-order valence-electron chi connectivity index (χ1n) is 3.98. The summed E-state index contributed by atoms with van der Waals surface area (Å²) in [4.78, 5) is 11.7. The van der Waals surface area contributed by atoms with Gasteiger partial charge in [-0.15, -0.1) is 11.3 Å². The maximum absolute atomic E-state index is 11.3. The van der Waals surface area contributed by atoms with E-state index in [0.29, 0.717) is 0 Å². The fourth-order valence-electron chi connectivity index (χ4n) is 0.834. The van der Waals surface area contributed by atoms with E-state index in [9.17, 15) is 9.90 Å². The van der Waals surface area contributed by atoms with Crippen LogP contribution in [0, 0.1) is 11.3 Å². The number of carbonyl (C=O) groups excluding carboxylic acids is 1. The van der Waals surface area contributed by atoms with E-state index in [1.807, 2.05) is 0 Å². The molecular weight excluding hydrogens is 202 g/mol. The SMILES string of the molecule is CC(C)OC(=O)c1cc(O)c(C#N)s1. The number of ether oxygens (including phenoxy) is 1. The third-order valence-corrected chi connectivity index (χ3v) is 2.37. The minimum absolute atomic E-state index is 0.126. The molecule has 0 unspecified atom stereocenters. The molecule has 0 fully saturated rings. The standard InChI is InChI=1S/C9H9NO3S/c1-5(2)13-9(12)7-3-6(11)8(4-10)14-7/h3,5,11H,1-2H3. The average molecular weight is 211 g/mol. The van der Waals surface area contributed by atoms with Crippen molar-refractivity contribution >= 4 is 17.3 Å². The van der Waals surface area contributed by atoms with Gasteiger partial charge in [0.25, 0.3) is 0 Å². The van der Waals surface area contributed by atoms with Crippen LogP contribution in [0.2, 0.25) is 0 Å². The van der Waals surface area contributed by atoms with Crippen molar-refractivity contribution in [3.63, 3.8) is 0 Å². The summed E-state index contributed by atoms with van der Waals surface area (Å²) in [5, 5.41) is 17.7. The number of carbonyl (C=O) groups is 1. The lowest BCUT2D eigenvalue weighted by Crippen LogP contribution is -2.09. The van der Waals surface area contributed by atoms with Crippen molar-refractivity contribution in [1.82, 2.24) is 0 Å². The fourth-order valence-corrected chi connectivity index (χ4v) is 1.57. The number of nitriles is 1. The van der Waals surface area contributed by atoms with Gasteiger partial charge in [0.15, 0.2) is 0 Å². The molecule has 1 aromatic heterocycles. The van der Waals surface area contributed by atoms with Crippen molar-refractivity contribution in [3.8, 4) is 11.8 Å². The maximum atomic E-state index is 11.3. The number of rotatable bonds is 2. The molecule has 0 aliphatic rings. The zero-order valence-electron chi connectivity index (χ0n) is 7.77. The van der Waals surface area contributed by atoms with Crippen LogP contribution in [0.15, 0.2) is 6.07 Å². The molecule has 14 heavy (non-hydrogen) atoms. The minimum Gasteiger partial charge on any atom is -0.506 e. The van der Waals surface area contributed by atoms with Crippen LogP contribution in [0.1, 0.15) is 28.4 Å². The number of esters is 1. The molecular formula is C9H9NO3S. The Morgan fingerprint density at radius 3 is 2.79 bits per heavy atom. The lowest BCUT2D eigenvalue weighted by atomic mass is 10.4. The van der Waals surface area contributed by atoms with Gasteiger partial charge in [-0.05, 0) is 13.8 Å². The van der Waals surface area contributed by atoms with Gasteiger partial charge in [-0.25, -0.2) is 4.79 Å². The maximum Gasteiger partial charge on any atom is 0.348 e. The van der Waals surface area contributed by atoms with Crippen LogP contribution in [0.4, 0.5) is 0 Å². The second kappa shape index (κ2) is 4.11. The van der Waals surface area contributed by atoms with Crippen LogP contribution >= 0.6 is 11.3 Å². The highest BCUT2D eigenvalue weighted by atomic mass is 32.1. The highest BCUT2D eigenvalue weighted by Crippen LogP contribution is 2.27. The Labute approximate surface area is 85.4 Å². The summed E-state index contributed by atoms with van der Waals surface area (Å²) in [6.07, 6.45) is -0.211. The molecule has 5 heteroatoms. The summed E-state index contributed by atoms with van der Waals surface area (Å²) in [6.45, 7) is 3.47. The van der Waals surface area contributed by atoms with E-state index in [0.717, 1.165) is 11.3 Å². The van der Waals surface area contributed by atoms with Crippen molar-refractivity contribution in [3.05, 3.63) is 15.8 Å². The van der Waals surface area contributed by atoms with Crippen LogP contribution in [-0.4, -0.2) is 17.2 Å². The molecule has 0 radical (unpaired) electrons. The van der Waals surface area contributed by atoms with Crippen LogP contribution < -0.4 is 0 Å². The van der Waals surface area contributed by atoms with Crippen LogP contribution in [0.25, 0.3) is 0 Å². The summed E-state index contributed by atoms with van der Waals surface area (Å²) in [7, 11) is 0. The predicted octanol–water partition coefficient (Wildman–Crippen LogP) is 1.89. The van der Waals surface area contributed by atoms with Crippen molar-refractivity contribution < 1.29 is 14.6 Å². The van der Waals surface area contributed by atoms with Crippen molar-refractivity contribution in [2.75, 3.05) is 0 Å². The molecule has 74 valence electrons. The molecule has 0 aliphatic carbocycles. The van der Waals surface area contributed by atoms with E-state index in [4.69, 9.17) is 10.00 Å². The molecule has 0 saturated heterocycles. The molecule has 4 nitrogen and oxygen atoms in total. The zero-order chi connectivity index (χ0) is 10.7. The molecule has 0 amide bonds. The minimum atomic E-state index is -0.512. The Morgan fingerprint density at radius 2 is 2.36 bits per heavy atom. The van der Waals surface area contributed by atoms with Gasteiger partial charge in [0.1, 0.15) is 21.6 Å². The van der Waals surface area contributed by atoms with Crippen LogP contribution in [-0.2, 0) is 4.74 Å². The number of aromatic hydroxyl groups is 1.